The van der Waals surface area contributed by atoms with Crippen molar-refractivity contribution in [3.63, 3.8) is 0 Å². The molecule has 0 fully saturated rings. The summed E-state index contributed by atoms with van der Waals surface area (Å²) in [5.41, 5.74) is 4.22. The third kappa shape index (κ3) is 4.41. The van der Waals surface area contributed by atoms with Gasteiger partial charge in [0.05, 0.1) is 17.6 Å². The normalized spacial score (nSPS) is 10.8. The van der Waals surface area contributed by atoms with E-state index in [1.807, 2.05) is 44.0 Å². The standard InChI is InChI=1S/C19H23N3O2/c1-5-22(4)13-21-18-7-6-17(14(2)15(18)3)19(23)24-12-16-8-10-20-11-9-16/h6-11,13H,5,12H2,1-4H3. The number of carbonyl (C=O) groups is 1. The van der Waals surface area contributed by atoms with Crippen LogP contribution in [0.3, 0.4) is 0 Å². The van der Waals surface area contributed by atoms with Crippen molar-refractivity contribution in [2.45, 2.75) is 27.4 Å². The molecule has 5 heteroatoms. The van der Waals surface area contributed by atoms with E-state index in [2.05, 4.69) is 16.9 Å². The maximum absolute atomic E-state index is 12.3. The van der Waals surface area contributed by atoms with Gasteiger partial charge in [-0.25, -0.2) is 9.79 Å². The second kappa shape index (κ2) is 8.24. The summed E-state index contributed by atoms with van der Waals surface area (Å²) in [5, 5.41) is 0. The molecule has 24 heavy (non-hydrogen) atoms. The predicted molar refractivity (Wildman–Crippen MR) is 95.7 cm³/mol. The van der Waals surface area contributed by atoms with Crippen LogP contribution in [-0.4, -0.2) is 35.8 Å². The number of pyridine rings is 1. The summed E-state index contributed by atoms with van der Waals surface area (Å²) in [6.45, 7) is 7.07. The second-order valence-electron chi connectivity index (χ2n) is 5.63. The lowest BCUT2D eigenvalue weighted by Crippen LogP contribution is -2.14. The smallest absolute Gasteiger partial charge is 0.338 e. The molecule has 0 N–H and O–H groups in total. The highest BCUT2D eigenvalue weighted by atomic mass is 16.5. The minimum atomic E-state index is -0.325. The summed E-state index contributed by atoms with van der Waals surface area (Å²) in [6.07, 6.45) is 5.15. The molecule has 0 amide bonds. The number of hydrogen-bond acceptors (Lipinski definition) is 4. The topological polar surface area (TPSA) is 54.8 Å². The van der Waals surface area contributed by atoms with Crippen molar-refractivity contribution in [3.05, 3.63) is 58.9 Å². The van der Waals surface area contributed by atoms with E-state index in [0.29, 0.717) is 5.56 Å². The summed E-state index contributed by atoms with van der Waals surface area (Å²) in [5.74, 6) is -0.325. The maximum Gasteiger partial charge on any atom is 0.338 e. The minimum absolute atomic E-state index is 0.237. The number of ether oxygens (including phenoxy) is 1. The predicted octanol–water partition coefficient (Wildman–Crippen LogP) is 3.67. The van der Waals surface area contributed by atoms with E-state index in [1.165, 1.54) is 0 Å². The van der Waals surface area contributed by atoms with Crippen LogP contribution < -0.4 is 0 Å². The average Bonchev–Trinajstić information content (AvgIpc) is 2.61. The molecular weight excluding hydrogens is 302 g/mol. The van der Waals surface area contributed by atoms with E-state index in [9.17, 15) is 4.79 Å². The van der Waals surface area contributed by atoms with Gasteiger partial charge in [0.1, 0.15) is 6.61 Å². The fraction of sp³-hybridized carbons (Fsp3) is 0.316. The summed E-state index contributed by atoms with van der Waals surface area (Å²) in [7, 11) is 1.97. The van der Waals surface area contributed by atoms with Gasteiger partial charge in [0, 0.05) is 26.0 Å². The molecule has 0 spiro atoms. The second-order valence-corrected chi connectivity index (χ2v) is 5.63. The van der Waals surface area contributed by atoms with Crippen molar-refractivity contribution in [2.24, 2.45) is 4.99 Å². The van der Waals surface area contributed by atoms with E-state index in [1.54, 1.807) is 24.8 Å². The zero-order chi connectivity index (χ0) is 17.5. The fourth-order valence-electron chi connectivity index (χ4n) is 2.12. The number of aliphatic imine (C=N–C) groups is 1. The lowest BCUT2D eigenvalue weighted by atomic mass is 10.0. The van der Waals surface area contributed by atoms with E-state index in [0.717, 1.165) is 28.9 Å². The van der Waals surface area contributed by atoms with Gasteiger partial charge in [-0.2, -0.15) is 0 Å². The monoisotopic (exact) mass is 325 g/mol. The van der Waals surface area contributed by atoms with E-state index >= 15 is 0 Å². The van der Waals surface area contributed by atoms with Crippen molar-refractivity contribution >= 4 is 18.0 Å². The Balaban J connectivity index is 2.12. The lowest BCUT2D eigenvalue weighted by Gasteiger charge is -2.12. The van der Waals surface area contributed by atoms with Gasteiger partial charge in [0.2, 0.25) is 0 Å². The van der Waals surface area contributed by atoms with Crippen LogP contribution in [0, 0.1) is 13.8 Å². The Hall–Kier alpha value is -2.69. The van der Waals surface area contributed by atoms with Gasteiger partial charge >= 0.3 is 5.97 Å². The summed E-state index contributed by atoms with van der Waals surface area (Å²) in [4.78, 5) is 22.7. The number of rotatable bonds is 6. The molecule has 0 atom stereocenters. The minimum Gasteiger partial charge on any atom is -0.457 e. The number of hydrogen-bond donors (Lipinski definition) is 0. The molecule has 0 bridgehead atoms. The molecule has 5 nitrogen and oxygen atoms in total. The van der Waals surface area contributed by atoms with Gasteiger partial charge in [0.15, 0.2) is 0 Å². The Morgan fingerprint density at radius 2 is 1.92 bits per heavy atom. The van der Waals surface area contributed by atoms with Crippen LogP contribution in [0.4, 0.5) is 5.69 Å². The highest BCUT2D eigenvalue weighted by Gasteiger charge is 2.14. The molecule has 2 rings (SSSR count). The summed E-state index contributed by atoms with van der Waals surface area (Å²) >= 11 is 0. The Bertz CT molecular complexity index is 727. The third-order valence-electron chi connectivity index (χ3n) is 3.99. The van der Waals surface area contributed by atoms with Gasteiger partial charge in [-0.05, 0) is 61.7 Å². The lowest BCUT2D eigenvalue weighted by molar-refractivity contribution is 0.0471. The van der Waals surface area contributed by atoms with Crippen LogP contribution in [0.5, 0.6) is 0 Å². The molecule has 0 saturated carbocycles. The molecule has 0 radical (unpaired) electrons. The van der Waals surface area contributed by atoms with Crippen LogP contribution in [0.25, 0.3) is 0 Å². The van der Waals surface area contributed by atoms with Crippen LogP contribution in [-0.2, 0) is 11.3 Å². The number of carbonyl (C=O) groups excluding carboxylic acids is 1. The van der Waals surface area contributed by atoms with Crippen LogP contribution in [0.2, 0.25) is 0 Å². The number of aromatic nitrogens is 1. The average molecular weight is 325 g/mol. The molecule has 1 aromatic heterocycles. The van der Waals surface area contributed by atoms with Crippen LogP contribution in [0.15, 0.2) is 41.7 Å². The van der Waals surface area contributed by atoms with Gasteiger partial charge in [-0.1, -0.05) is 0 Å². The van der Waals surface area contributed by atoms with Crippen molar-refractivity contribution in [1.29, 1.82) is 0 Å². The van der Waals surface area contributed by atoms with Crippen molar-refractivity contribution in [3.8, 4) is 0 Å². The van der Waals surface area contributed by atoms with Gasteiger partial charge in [-0.15, -0.1) is 0 Å². The molecule has 2 aromatic rings. The molecule has 0 unspecified atom stereocenters. The van der Waals surface area contributed by atoms with Crippen LogP contribution in [0.1, 0.15) is 34.0 Å². The Kier molecular flexibility index (Phi) is 6.07. The quantitative estimate of drug-likeness (QED) is 0.462. The van der Waals surface area contributed by atoms with Gasteiger partial charge < -0.3 is 9.64 Å². The Morgan fingerprint density at radius 1 is 1.21 bits per heavy atom. The SMILES string of the molecule is CCN(C)C=Nc1ccc(C(=O)OCc2ccncc2)c(C)c1C. The molecule has 0 aliphatic carbocycles. The molecule has 1 aromatic carbocycles. The zero-order valence-corrected chi connectivity index (χ0v) is 14.6. The van der Waals surface area contributed by atoms with E-state index < -0.39 is 0 Å². The summed E-state index contributed by atoms with van der Waals surface area (Å²) < 4.78 is 5.39. The van der Waals surface area contributed by atoms with Gasteiger partial charge in [-0.3, -0.25) is 4.98 Å². The highest BCUT2D eigenvalue weighted by Crippen LogP contribution is 2.25. The molecule has 0 aliphatic heterocycles. The van der Waals surface area contributed by atoms with E-state index in [-0.39, 0.29) is 12.6 Å². The first-order valence-corrected chi connectivity index (χ1v) is 7.93. The molecule has 1 heterocycles. The fourth-order valence-corrected chi connectivity index (χ4v) is 2.12. The van der Waals surface area contributed by atoms with E-state index in [4.69, 9.17) is 4.74 Å². The Labute approximate surface area is 143 Å². The van der Waals surface area contributed by atoms with Crippen LogP contribution >= 0.6 is 0 Å². The van der Waals surface area contributed by atoms with Crippen molar-refractivity contribution < 1.29 is 9.53 Å². The largest absolute Gasteiger partial charge is 0.457 e. The molecule has 0 aliphatic rings. The zero-order valence-electron chi connectivity index (χ0n) is 14.6. The van der Waals surface area contributed by atoms with Gasteiger partial charge in [0.25, 0.3) is 0 Å². The number of benzene rings is 1. The molecule has 0 saturated heterocycles. The molecular formula is C19H23N3O2. The molecule has 126 valence electrons. The first kappa shape index (κ1) is 17.7. The van der Waals surface area contributed by atoms with Crippen molar-refractivity contribution in [2.75, 3.05) is 13.6 Å². The highest BCUT2D eigenvalue weighted by molar-refractivity contribution is 5.92. The van der Waals surface area contributed by atoms with Crippen molar-refractivity contribution in [1.82, 2.24) is 9.88 Å². The first-order valence-electron chi connectivity index (χ1n) is 7.93. The Morgan fingerprint density at radius 3 is 2.58 bits per heavy atom. The summed E-state index contributed by atoms with van der Waals surface area (Å²) in [6, 6.07) is 7.28. The maximum atomic E-state index is 12.3. The first-order chi connectivity index (χ1) is 11.5. The number of esters is 1. The third-order valence-corrected chi connectivity index (χ3v) is 3.99. The number of nitrogens with zero attached hydrogens (tertiary/aromatic N) is 3.